The number of aliphatic hydroxyl groups is 2. The summed E-state index contributed by atoms with van der Waals surface area (Å²) in [5, 5.41) is 22.3. The zero-order valence-electron chi connectivity index (χ0n) is 22.2. The number of imidazole rings is 1. The van der Waals surface area contributed by atoms with Crippen molar-refractivity contribution in [3.63, 3.8) is 0 Å². The van der Waals surface area contributed by atoms with Crippen LogP contribution >= 0.6 is 0 Å². The van der Waals surface area contributed by atoms with Gasteiger partial charge in [0.1, 0.15) is 11.6 Å². The summed E-state index contributed by atoms with van der Waals surface area (Å²) in [4.78, 5) is 17.8. The first-order chi connectivity index (χ1) is 18.9. The van der Waals surface area contributed by atoms with Gasteiger partial charge < -0.3 is 30.1 Å². The summed E-state index contributed by atoms with van der Waals surface area (Å²) in [6, 6.07) is 9.20. The van der Waals surface area contributed by atoms with Crippen molar-refractivity contribution in [2.75, 3.05) is 63.3 Å². The largest absolute Gasteiger partial charge is 0.394 e. The second kappa shape index (κ2) is 12.5. The van der Waals surface area contributed by atoms with Gasteiger partial charge in [-0.05, 0) is 50.8 Å². The van der Waals surface area contributed by atoms with Crippen molar-refractivity contribution >= 4 is 22.8 Å². The predicted octanol–water partition coefficient (Wildman–Crippen LogP) is 2.85. The van der Waals surface area contributed by atoms with Crippen molar-refractivity contribution in [1.82, 2.24) is 24.4 Å². The molecule has 3 heterocycles. The number of nitrogens with one attached hydrogen (secondary N) is 1. The van der Waals surface area contributed by atoms with Gasteiger partial charge in [0.2, 0.25) is 5.95 Å². The minimum atomic E-state index is -2.76. The molecule has 1 aliphatic carbocycles. The fraction of sp³-hybridized carbons (Fsp3) is 0.593. The number of rotatable bonds is 10. The van der Waals surface area contributed by atoms with Crippen molar-refractivity contribution < 1.29 is 23.7 Å². The number of nitrogens with zero attached hydrogens (tertiary/aromatic N) is 6. The van der Waals surface area contributed by atoms with Gasteiger partial charge in [0.25, 0.3) is 6.43 Å². The number of para-hydroxylation sites is 2. The number of halogens is 2. The molecule has 2 fully saturated rings. The maximum atomic E-state index is 14.1. The Kier molecular flexibility index (Phi) is 8.85. The Morgan fingerprint density at radius 3 is 2.51 bits per heavy atom. The number of alkyl halides is 2. The number of likely N-dealkylation sites (N-methyl/N-ethyl adjacent to an activating group) is 1. The van der Waals surface area contributed by atoms with Crippen LogP contribution in [0.1, 0.15) is 37.9 Å². The van der Waals surface area contributed by atoms with E-state index in [4.69, 9.17) is 14.8 Å². The molecule has 1 saturated heterocycles. The van der Waals surface area contributed by atoms with E-state index in [1.807, 2.05) is 7.05 Å². The van der Waals surface area contributed by atoms with Gasteiger partial charge in [0.15, 0.2) is 5.82 Å². The number of fused-ring (bicyclic) bond motifs is 1. The van der Waals surface area contributed by atoms with Gasteiger partial charge >= 0.3 is 0 Å². The van der Waals surface area contributed by atoms with E-state index in [1.165, 1.54) is 4.57 Å². The summed E-state index contributed by atoms with van der Waals surface area (Å²) < 4.78 is 35.1. The fourth-order valence-electron chi connectivity index (χ4n) is 5.57. The van der Waals surface area contributed by atoms with Crippen LogP contribution in [0.2, 0.25) is 0 Å². The van der Waals surface area contributed by atoms with E-state index < -0.39 is 12.5 Å². The Hall–Kier alpha value is -2.93. The molecule has 1 aromatic carbocycles. The Morgan fingerprint density at radius 1 is 1.08 bits per heavy atom. The molecule has 0 spiro atoms. The van der Waals surface area contributed by atoms with Crippen molar-refractivity contribution in [1.29, 1.82) is 0 Å². The molecule has 0 bridgehead atoms. The van der Waals surface area contributed by atoms with Gasteiger partial charge in [0.05, 0.1) is 37.0 Å². The second-order valence-electron chi connectivity index (χ2n) is 10.4. The number of ether oxygens (including phenoxy) is 1. The molecule has 2 aromatic heterocycles. The number of aliphatic hydroxyl groups excluding tert-OH is 2. The summed E-state index contributed by atoms with van der Waals surface area (Å²) in [6.07, 6.45) is 0.531. The van der Waals surface area contributed by atoms with E-state index in [0.29, 0.717) is 80.0 Å². The normalized spacial score (nSPS) is 21.2. The minimum absolute atomic E-state index is 0.233. The average molecular weight is 546 g/mol. The Balaban J connectivity index is 1.36. The molecule has 39 heavy (non-hydrogen) atoms. The Bertz CT molecular complexity index is 1230. The van der Waals surface area contributed by atoms with Crippen LogP contribution in [-0.4, -0.2) is 99.8 Å². The quantitative estimate of drug-likeness (QED) is 0.354. The van der Waals surface area contributed by atoms with Crippen LogP contribution in [0.25, 0.3) is 16.9 Å². The third-order valence-corrected chi connectivity index (χ3v) is 7.74. The van der Waals surface area contributed by atoms with Gasteiger partial charge in [-0.2, -0.15) is 9.97 Å². The number of anilines is 2. The third kappa shape index (κ3) is 6.46. The van der Waals surface area contributed by atoms with Crippen LogP contribution in [0, 0.1) is 5.92 Å². The maximum Gasteiger partial charge on any atom is 0.296 e. The molecular weight excluding hydrogens is 508 g/mol. The summed E-state index contributed by atoms with van der Waals surface area (Å²) >= 11 is 0. The van der Waals surface area contributed by atoms with Crippen molar-refractivity contribution in [2.45, 2.75) is 44.3 Å². The van der Waals surface area contributed by atoms with E-state index in [9.17, 15) is 13.9 Å². The molecule has 5 rings (SSSR count). The second-order valence-corrected chi connectivity index (χ2v) is 10.4. The first-order valence-corrected chi connectivity index (χ1v) is 13.6. The molecule has 12 heteroatoms. The molecule has 2 aliphatic rings. The SMILES string of the molecule is CN(CC(O)CO)[C@H]1CC[C@H](CNc2nc(N3CCOCC3)cc(-n3c(C(F)F)nc4ccccc43)n2)CC1. The van der Waals surface area contributed by atoms with Crippen LogP contribution < -0.4 is 10.2 Å². The molecule has 1 saturated carbocycles. The van der Waals surface area contributed by atoms with Gasteiger partial charge in [-0.3, -0.25) is 4.57 Å². The number of hydrogen-bond acceptors (Lipinski definition) is 9. The standard InChI is InChI=1S/C27H37F2N7O3/c1-34(16-20(38)17-37)19-8-6-18(7-9-19)15-30-27-32-23(35-10-12-39-13-11-35)14-24(33-27)36-22-5-3-2-4-21(22)31-26(36)25(28)29/h2-5,14,18-20,25,37-38H,6-13,15-17H2,1H3,(H,30,32,33)/t18-,19-,20?. The van der Waals surface area contributed by atoms with Gasteiger partial charge in [-0.15, -0.1) is 0 Å². The Labute approximate surface area is 226 Å². The molecule has 1 aliphatic heterocycles. The number of morpholine rings is 1. The number of aromatic nitrogens is 4. The number of benzene rings is 1. The van der Waals surface area contributed by atoms with E-state index in [0.717, 1.165) is 25.7 Å². The van der Waals surface area contributed by atoms with Gasteiger partial charge in [0, 0.05) is 38.3 Å². The monoisotopic (exact) mass is 545 g/mol. The summed E-state index contributed by atoms with van der Waals surface area (Å²) in [5.74, 6) is 1.49. The van der Waals surface area contributed by atoms with E-state index in [2.05, 4.69) is 25.1 Å². The lowest BCUT2D eigenvalue weighted by atomic mass is 9.85. The van der Waals surface area contributed by atoms with Crippen LogP contribution in [0.5, 0.6) is 0 Å². The lowest BCUT2D eigenvalue weighted by Crippen LogP contribution is -2.41. The summed E-state index contributed by atoms with van der Waals surface area (Å²) in [7, 11) is 1.99. The zero-order valence-corrected chi connectivity index (χ0v) is 22.2. The number of hydrogen-bond donors (Lipinski definition) is 3. The highest BCUT2D eigenvalue weighted by Crippen LogP contribution is 2.30. The highest BCUT2D eigenvalue weighted by atomic mass is 19.3. The molecule has 3 N–H and O–H groups in total. The minimum Gasteiger partial charge on any atom is -0.394 e. The highest BCUT2D eigenvalue weighted by Gasteiger charge is 2.26. The van der Waals surface area contributed by atoms with E-state index in [1.54, 1.807) is 30.3 Å². The maximum absolute atomic E-state index is 14.1. The van der Waals surface area contributed by atoms with Crippen LogP contribution in [0.4, 0.5) is 20.5 Å². The molecule has 0 amide bonds. The summed E-state index contributed by atoms with van der Waals surface area (Å²) in [6.45, 7) is 3.36. The third-order valence-electron chi connectivity index (χ3n) is 7.74. The first kappa shape index (κ1) is 27.6. The molecule has 0 radical (unpaired) electrons. The molecule has 10 nitrogen and oxygen atoms in total. The molecular formula is C27H37F2N7O3. The zero-order chi connectivity index (χ0) is 27.4. The predicted molar refractivity (Wildman–Crippen MR) is 145 cm³/mol. The highest BCUT2D eigenvalue weighted by molar-refractivity contribution is 5.78. The van der Waals surface area contributed by atoms with Crippen LogP contribution in [0.3, 0.4) is 0 Å². The topological polar surface area (TPSA) is 112 Å². The van der Waals surface area contributed by atoms with Gasteiger partial charge in [-0.25, -0.2) is 13.8 Å². The molecule has 1 atom stereocenters. The summed E-state index contributed by atoms with van der Waals surface area (Å²) in [5.41, 5.74) is 1.06. The molecule has 212 valence electrons. The molecule has 1 unspecified atom stereocenters. The lowest BCUT2D eigenvalue weighted by molar-refractivity contribution is 0.0456. The van der Waals surface area contributed by atoms with Crippen LogP contribution in [-0.2, 0) is 4.74 Å². The molecule has 3 aromatic rings. The van der Waals surface area contributed by atoms with E-state index in [-0.39, 0.29) is 12.4 Å². The Morgan fingerprint density at radius 2 is 1.79 bits per heavy atom. The first-order valence-electron chi connectivity index (χ1n) is 13.6. The average Bonchev–Trinajstić information content (AvgIpc) is 3.37. The van der Waals surface area contributed by atoms with Crippen molar-refractivity contribution in [3.8, 4) is 5.82 Å². The van der Waals surface area contributed by atoms with Crippen molar-refractivity contribution in [3.05, 3.63) is 36.2 Å². The smallest absolute Gasteiger partial charge is 0.296 e. The van der Waals surface area contributed by atoms with E-state index >= 15 is 0 Å². The van der Waals surface area contributed by atoms with Gasteiger partial charge in [-0.1, -0.05) is 12.1 Å². The lowest BCUT2D eigenvalue weighted by Gasteiger charge is -2.35. The van der Waals surface area contributed by atoms with Crippen molar-refractivity contribution in [2.24, 2.45) is 5.92 Å². The fourth-order valence-corrected chi connectivity index (χ4v) is 5.57. The van der Waals surface area contributed by atoms with Crippen LogP contribution in [0.15, 0.2) is 30.3 Å².